The lowest BCUT2D eigenvalue weighted by Crippen LogP contribution is -1.96. The van der Waals surface area contributed by atoms with E-state index in [4.69, 9.17) is 5.73 Å². The van der Waals surface area contributed by atoms with Crippen molar-refractivity contribution in [2.24, 2.45) is 0 Å². The second-order valence-corrected chi connectivity index (χ2v) is 4.15. The molecule has 88 valence electrons. The summed E-state index contributed by atoms with van der Waals surface area (Å²) in [5, 5.41) is 2.13. The van der Waals surface area contributed by atoms with Crippen molar-refractivity contribution in [2.45, 2.75) is 6.92 Å². The zero-order valence-corrected chi connectivity index (χ0v) is 10.1. The van der Waals surface area contributed by atoms with Gasteiger partial charge in [-0.3, -0.25) is 0 Å². The Morgan fingerprint density at radius 3 is 2.67 bits per heavy atom. The Kier molecular flexibility index (Phi) is 2.45. The third-order valence-electron chi connectivity index (χ3n) is 2.93. The summed E-state index contributed by atoms with van der Waals surface area (Å²) in [6.07, 6.45) is 3.91. The quantitative estimate of drug-likeness (QED) is 0.658. The van der Waals surface area contributed by atoms with E-state index >= 15 is 0 Å². The van der Waals surface area contributed by atoms with Crippen molar-refractivity contribution in [3.05, 3.63) is 48.2 Å². The average Bonchev–Trinajstić information content (AvgIpc) is 2.40. The topological polar surface area (TPSA) is 51.8 Å². The molecule has 3 heteroatoms. The van der Waals surface area contributed by atoms with Gasteiger partial charge in [-0.1, -0.05) is 24.3 Å². The molecule has 0 bridgehead atoms. The molecule has 0 radical (unpaired) electrons. The number of nitrogen functional groups attached to an aromatic ring is 1. The normalized spacial score (nSPS) is 11.6. The van der Waals surface area contributed by atoms with Gasteiger partial charge in [-0.2, -0.15) is 0 Å². The predicted octanol–water partition coefficient (Wildman–Crippen LogP) is 3.40. The van der Waals surface area contributed by atoms with Crippen LogP contribution in [0.1, 0.15) is 12.6 Å². The molecule has 0 aliphatic heterocycles. The molecular formula is C15H13N3. The first kappa shape index (κ1) is 10.7. The minimum Gasteiger partial charge on any atom is -0.382 e. The summed E-state index contributed by atoms with van der Waals surface area (Å²) in [7, 11) is 0. The molecule has 0 atom stereocenters. The minimum absolute atomic E-state index is 0.482. The summed E-state index contributed by atoms with van der Waals surface area (Å²) in [6, 6.07) is 12.0. The number of anilines is 1. The van der Waals surface area contributed by atoms with Gasteiger partial charge in [-0.05, 0) is 31.2 Å². The number of rotatable bonds is 1. The third-order valence-corrected chi connectivity index (χ3v) is 2.93. The highest BCUT2D eigenvalue weighted by Crippen LogP contribution is 2.26. The van der Waals surface area contributed by atoms with E-state index in [1.807, 2.05) is 49.4 Å². The van der Waals surface area contributed by atoms with Crippen LogP contribution in [-0.4, -0.2) is 9.97 Å². The monoisotopic (exact) mass is 235 g/mol. The van der Waals surface area contributed by atoms with Crippen LogP contribution in [0.15, 0.2) is 42.5 Å². The number of aromatic nitrogens is 2. The van der Waals surface area contributed by atoms with Gasteiger partial charge in [0.25, 0.3) is 0 Å². The van der Waals surface area contributed by atoms with Crippen molar-refractivity contribution in [2.75, 3.05) is 5.73 Å². The molecule has 2 heterocycles. The van der Waals surface area contributed by atoms with Crippen molar-refractivity contribution in [3.8, 4) is 0 Å². The molecule has 3 rings (SSSR count). The molecule has 3 nitrogen and oxygen atoms in total. The number of para-hydroxylation sites is 1. The average molecular weight is 235 g/mol. The highest BCUT2D eigenvalue weighted by molar-refractivity contribution is 6.08. The van der Waals surface area contributed by atoms with Gasteiger partial charge in [0.15, 0.2) is 5.82 Å². The minimum atomic E-state index is 0.482. The standard InChI is InChI=1S/C15H13N3/c1-2-5-10-8-9-12-11-6-3-4-7-13(11)18-15(16)14(12)17-10/h2-9H,1H3,(H2,16,18). The van der Waals surface area contributed by atoms with Gasteiger partial charge >= 0.3 is 0 Å². The molecule has 0 amide bonds. The Morgan fingerprint density at radius 2 is 1.83 bits per heavy atom. The smallest absolute Gasteiger partial charge is 0.150 e. The summed E-state index contributed by atoms with van der Waals surface area (Å²) in [6.45, 7) is 1.97. The lowest BCUT2D eigenvalue weighted by Gasteiger charge is -2.06. The van der Waals surface area contributed by atoms with E-state index in [1.54, 1.807) is 0 Å². The molecule has 1 aromatic carbocycles. The predicted molar refractivity (Wildman–Crippen MR) is 76.2 cm³/mol. The molecule has 0 aliphatic rings. The maximum absolute atomic E-state index is 5.99. The largest absolute Gasteiger partial charge is 0.382 e. The molecule has 0 saturated carbocycles. The van der Waals surface area contributed by atoms with Crippen LogP contribution in [-0.2, 0) is 0 Å². The van der Waals surface area contributed by atoms with Crippen LogP contribution in [0.25, 0.3) is 27.9 Å². The number of pyridine rings is 2. The van der Waals surface area contributed by atoms with Crippen LogP contribution in [0.3, 0.4) is 0 Å². The Labute approximate surface area is 105 Å². The van der Waals surface area contributed by atoms with Gasteiger partial charge in [0, 0.05) is 10.8 Å². The van der Waals surface area contributed by atoms with Crippen molar-refractivity contribution in [3.63, 3.8) is 0 Å². The first-order chi connectivity index (χ1) is 8.79. The number of hydrogen-bond donors (Lipinski definition) is 1. The number of allylic oxidation sites excluding steroid dienone is 1. The van der Waals surface area contributed by atoms with E-state index in [2.05, 4.69) is 16.0 Å². The number of nitrogens with zero attached hydrogens (tertiary/aromatic N) is 2. The second-order valence-electron chi connectivity index (χ2n) is 4.15. The van der Waals surface area contributed by atoms with Crippen LogP contribution < -0.4 is 5.73 Å². The van der Waals surface area contributed by atoms with Gasteiger partial charge in [-0.25, -0.2) is 9.97 Å². The van der Waals surface area contributed by atoms with Gasteiger partial charge in [0.05, 0.1) is 11.2 Å². The molecule has 0 spiro atoms. The summed E-state index contributed by atoms with van der Waals surface area (Å²) < 4.78 is 0. The summed E-state index contributed by atoms with van der Waals surface area (Å²) >= 11 is 0. The van der Waals surface area contributed by atoms with Crippen molar-refractivity contribution >= 4 is 33.7 Å². The SMILES string of the molecule is CC=Cc1ccc2c(n1)c(N)nc1ccccc12. The van der Waals surface area contributed by atoms with Gasteiger partial charge in [0.2, 0.25) is 0 Å². The zero-order valence-electron chi connectivity index (χ0n) is 10.1. The second kappa shape index (κ2) is 4.11. The van der Waals surface area contributed by atoms with Crippen molar-refractivity contribution in [1.29, 1.82) is 0 Å². The number of benzene rings is 1. The molecule has 18 heavy (non-hydrogen) atoms. The van der Waals surface area contributed by atoms with Crippen molar-refractivity contribution < 1.29 is 0 Å². The van der Waals surface area contributed by atoms with E-state index in [1.165, 1.54) is 0 Å². The van der Waals surface area contributed by atoms with Crippen LogP contribution >= 0.6 is 0 Å². The third kappa shape index (κ3) is 1.61. The van der Waals surface area contributed by atoms with Gasteiger partial charge in [0.1, 0.15) is 5.52 Å². The fourth-order valence-electron chi connectivity index (χ4n) is 2.13. The van der Waals surface area contributed by atoms with E-state index in [9.17, 15) is 0 Å². The highest BCUT2D eigenvalue weighted by atomic mass is 14.9. The summed E-state index contributed by atoms with van der Waals surface area (Å²) in [5.41, 5.74) is 8.56. The number of hydrogen-bond acceptors (Lipinski definition) is 3. The number of fused-ring (bicyclic) bond motifs is 3. The van der Waals surface area contributed by atoms with Gasteiger partial charge in [-0.15, -0.1) is 0 Å². The molecule has 3 aromatic rings. The van der Waals surface area contributed by atoms with Crippen molar-refractivity contribution in [1.82, 2.24) is 9.97 Å². The fraction of sp³-hybridized carbons (Fsp3) is 0.0667. The Morgan fingerprint density at radius 1 is 1.00 bits per heavy atom. The van der Waals surface area contributed by atoms with Crippen LogP contribution in [0.4, 0.5) is 5.82 Å². The zero-order chi connectivity index (χ0) is 12.5. The molecule has 0 aliphatic carbocycles. The van der Waals surface area contributed by atoms with E-state index in [-0.39, 0.29) is 0 Å². The van der Waals surface area contributed by atoms with E-state index < -0.39 is 0 Å². The first-order valence-electron chi connectivity index (χ1n) is 5.87. The fourth-order valence-corrected chi connectivity index (χ4v) is 2.13. The van der Waals surface area contributed by atoms with Gasteiger partial charge < -0.3 is 5.73 Å². The maximum atomic E-state index is 5.99. The summed E-state index contributed by atoms with van der Waals surface area (Å²) in [5.74, 6) is 0.482. The molecule has 2 N–H and O–H groups in total. The maximum Gasteiger partial charge on any atom is 0.150 e. The van der Waals surface area contributed by atoms with Crippen LogP contribution in [0.2, 0.25) is 0 Å². The highest BCUT2D eigenvalue weighted by Gasteiger charge is 2.07. The molecular weight excluding hydrogens is 222 g/mol. The van der Waals surface area contributed by atoms with Crippen LogP contribution in [0.5, 0.6) is 0 Å². The first-order valence-corrected chi connectivity index (χ1v) is 5.87. The lowest BCUT2D eigenvalue weighted by atomic mass is 10.1. The van der Waals surface area contributed by atoms with E-state index in [0.717, 1.165) is 27.5 Å². The molecule has 0 fully saturated rings. The van der Waals surface area contributed by atoms with E-state index in [0.29, 0.717) is 5.82 Å². The number of nitrogens with two attached hydrogens (primary N) is 1. The molecule has 2 aromatic heterocycles. The lowest BCUT2D eigenvalue weighted by molar-refractivity contribution is 1.34. The Bertz CT molecular complexity index is 760. The summed E-state index contributed by atoms with van der Waals surface area (Å²) in [4.78, 5) is 8.94. The molecule has 0 saturated heterocycles. The Balaban J connectivity index is 2.44. The molecule has 0 unspecified atom stereocenters. The van der Waals surface area contributed by atoms with Crippen LogP contribution in [0, 0.1) is 0 Å². The Hall–Kier alpha value is -2.42.